The van der Waals surface area contributed by atoms with Gasteiger partial charge in [-0.3, -0.25) is 9.69 Å². The van der Waals surface area contributed by atoms with Crippen LogP contribution in [0.15, 0.2) is 47.0 Å². The van der Waals surface area contributed by atoms with E-state index in [9.17, 15) is 4.79 Å². The molecule has 35 heavy (non-hydrogen) atoms. The van der Waals surface area contributed by atoms with E-state index in [1.165, 1.54) is 0 Å². The molecule has 7 nitrogen and oxygen atoms in total. The Labute approximate surface area is 219 Å². The van der Waals surface area contributed by atoms with Crippen LogP contribution >= 0.6 is 34.8 Å². The quantitative estimate of drug-likeness (QED) is 0.445. The molecule has 2 aliphatic rings. The van der Waals surface area contributed by atoms with Gasteiger partial charge in [0.2, 0.25) is 17.6 Å². The SMILES string of the molecule is O=C(C1CCN(Cc2nc(-c3ccc(Cl)cc3Cl)no2)CC1)N1CCN(c2cccc(Cl)c2)CC1. The highest BCUT2D eigenvalue weighted by atomic mass is 35.5. The molecular weight excluding hydrogens is 509 g/mol. The lowest BCUT2D eigenvalue weighted by molar-refractivity contribution is -0.137. The van der Waals surface area contributed by atoms with Gasteiger partial charge in [-0.25, -0.2) is 0 Å². The number of nitrogens with zero attached hydrogens (tertiary/aromatic N) is 5. The Morgan fingerprint density at radius 2 is 1.69 bits per heavy atom. The number of carbonyl (C=O) groups is 1. The molecule has 1 aromatic heterocycles. The minimum atomic E-state index is 0.0649. The Morgan fingerprint density at radius 3 is 2.40 bits per heavy atom. The summed E-state index contributed by atoms with van der Waals surface area (Å²) in [7, 11) is 0. The predicted molar refractivity (Wildman–Crippen MR) is 138 cm³/mol. The van der Waals surface area contributed by atoms with Crippen molar-refractivity contribution < 1.29 is 9.32 Å². The largest absolute Gasteiger partial charge is 0.368 e. The molecule has 10 heteroatoms. The number of hydrogen-bond acceptors (Lipinski definition) is 6. The second-order valence-electron chi connectivity index (χ2n) is 8.98. The highest BCUT2D eigenvalue weighted by molar-refractivity contribution is 6.36. The molecule has 2 aliphatic heterocycles. The molecule has 3 heterocycles. The van der Waals surface area contributed by atoms with Gasteiger partial charge in [0.1, 0.15) is 0 Å². The van der Waals surface area contributed by atoms with E-state index < -0.39 is 0 Å². The van der Waals surface area contributed by atoms with E-state index >= 15 is 0 Å². The average Bonchev–Trinajstić information content (AvgIpc) is 3.32. The zero-order valence-electron chi connectivity index (χ0n) is 19.2. The van der Waals surface area contributed by atoms with Crippen LogP contribution in [0.1, 0.15) is 18.7 Å². The first kappa shape index (κ1) is 24.4. The van der Waals surface area contributed by atoms with Crippen LogP contribution < -0.4 is 4.90 Å². The van der Waals surface area contributed by atoms with Crippen molar-refractivity contribution in [2.24, 2.45) is 5.92 Å². The van der Waals surface area contributed by atoms with E-state index in [-0.39, 0.29) is 11.8 Å². The summed E-state index contributed by atoms with van der Waals surface area (Å²) >= 11 is 18.4. The van der Waals surface area contributed by atoms with E-state index in [1.807, 2.05) is 23.1 Å². The van der Waals surface area contributed by atoms with Crippen LogP contribution in [0.3, 0.4) is 0 Å². The molecule has 2 fully saturated rings. The summed E-state index contributed by atoms with van der Waals surface area (Å²) in [6.45, 7) is 5.31. The number of aromatic nitrogens is 2. The molecule has 0 unspecified atom stereocenters. The summed E-state index contributed by atoms with van der Waals surface area (Å²) < 4.78 is 5.45. The second kappa shape index (κ2) is 10.7. The van der Waals surface area contributed by atoms with Crippen molar-refractivity contribution in [2.45, 2.75) is 19.4 Å². The molecule has 3 aromatic rings. The number of likely N-dealkylation sites (tertiary alicyclic amines) is 1. The first-order valence-electron chi connectivity index (χ1n) is 11.8. The minimum absolute atomic E-state index is 0.0649. The van der Waals surface area contributed by atoms with Crippen LogP contribution in [-0.4, -0.2) is 65.1 Å². The van der Waals surface area contributed by atoms with E-state index in [4.69, 9.17) is 39.3 Å². The van der Waals surface area contributed by atoms with Gasteiger partial charge in [0.15, 0.2) is 0 Å². The number of piperazine rings is 1. The molecule has 184 valence electrons. The van der Waals surface area contributed by atoms with Gasteiger partial charge in [-0.05, 0) is 62.3 Å². The third-order valence-electron chi connectivity index (χ3n) is 6.70. The van der Waals surface area contributed by atoms with E-state index in [0.29, 0.717) is 33.9 Å². The fourth-order valence-corrected chi connectivity index (χ4v) is 5.42. The molecule has 2 saturated heterocycles. The Bertz CT molecular complexity index is 1190. The third-order valence-corrected chi connectivity index (χ3v) is 7.48. The summed E-state index contributed by atoms with van der Waals surface area (Å²) in [4.78, 5) is 24.2. The molecule has 0 N–H and O–H groups in total. The van der Waals surface area contributed by atoms with Crippen molar-refractivity contribution in [1.29, 1.82) is 0 Å². The molecule has 0 spiro atoms. The van der Waals surface area contributed by atoms with Crippen molar-refractivity contribution >= 4 is 46.4 Å². The van der Waals surface area contributed by atoms with Gasteiger partial charge in [0.05, 0.1) is 11.6 Å². The fraction of sp³-hybridized carbons (Fsp3) is 0.400. The van der Waals surface area contributed by atoms with E-state index in [0.717, 1.165) is 62.8 Å². The zero-order chi connectivity index (χ0) is 24.4. The summed E-state index contributed by atoms with van der Waals surface area (Å²) in [5.41, 5.74) is 1.80. The van der Waals surface area contributed by atoms with Gasteiger partial charge >= 0.3 is 0 Å². The third kappa shape index (κ3) is 5.75. The van der Waals surface area contributed by atoms with Crippen LogP contribution in [0.5, 0.6) is 0 Å². The van der Waals surface area contributed by atoms with Crippen molar-refractivity contribution in [2.75, 3.05) is 44.2 Å². The first-order chi connectivity index (χ1) is 17.0. The normalized spacial score (nSPS) is 17.7. The Morgan fingerprint density at radius 1 is 0.943 bits per heavy atom. The number of carbonyl (C=O) groups excluding carboxylic acids is 1. The number of rotatable bonds is 5. The van der Waals surface area contributed by atoms with Crippen molar-refractivity contribution in [3.8, 4) is 11.4 Å². The lowest BCUT2D eigenvalue weighted by atomic mass is 9.95. The topological polar surface area (TPSA) is 65.7 Å². The molecule has 0 atom stereocenters. The smallest absolute Gasteiger partial charge is 0.241 e. The zero-order valence-corrected chi connectivity index (χ0v) is 21.4. The lowest BCUT2D eigenvalue weighted by Crippen LogP contribution is -2.51. The maximum atomic E-state index is 13.1. The average molecular weight is 535 g/mol. The molecular formula is C25H26Cl3N5O2. The van der Waals surface area contributed by atoms with Crippen molar-refractivity contribution in [1.82, 2.24) is 19.9 Å². The standard InChI is InChI=1S/C25H26Cl3N5O2/c26-18-2-1-3-20(14-18)32-10-12-33(13-11-32)25(34)17-6-8-31(9-7-17)16-23-29-24(30-35-23)21-5-4-19(27)15-22(21)28/h1-5,14-15,17H,6-13,16H2. The molecule has 5 rings (SSSR count). The first-order valence-corrected chi connectivity index (χ1v) is 12.9. The predicted octanol–water partition coefficient (Wildman–Crippen LogP) is 5.26. The molecule has 0 saturated carbocycles. The van der Waals surface area contributed by atoms with Gasteiger partial charge in [0, 0.05) is 53.4 Å². The van der Waals surface area contributed by atoms with Gasteiger partial charge in [-0.1, -0.05) is 46.0 Å². The number of hydrogen-bond donors (Lipinski definition) is 0. The summed E-state index contributed by atoms with van der Waals surface area (Å²) in [5.74, 6) is 1.32. The van der Waals surface area contributed by atoms with Crippen molar-refractivity contribution in [3.63, 3.8) is 0 Å². The number of benzene rings is 2. The minimum Gasteiger partial charge on any atom is -0.368 e. The van der Waals surface area contributed by atoms with E-state index in [1.54, 1.807) is 18.2 Å². The molecule has 0 radical (unpaired) electrons. The number of halogens is 3. The summed E-state index contributed by atoms with van der Waals surface area (Å²) in [5, 5.41) is 5.84. The van der Waals surface area contributed by atoms with Crippen molar-refractivity contribution in [3.05, 3.63) is 63.4 Å². The second-order valence-corrected chi connectivity index (χ2v) is 10.3. The van der Waals surface area contributed by atoms with Gasteiger partial charge in [-0.15, -0.1) is 0 Å². The Kier molecular flexibility index (Phi) is 7.48. The molecule has 0 aliphatic carbocycles. The molecule has 1 amide bonds. The monoisotopic (exact) mass is 533 g/mol. The maximum Gasteiger partial charge on any atom is 0.241 e. The number of anilines is 1. The summed E-state index contributed by atoms with van der Waals surface area (Å²) in [6, 6.07) is 13.1. The van der Waals surface area contributed by atoms with Gasteiger partial charge < -0.3 is 14.3 Å². The molecule has 2 aromatic carbocycles. The van der Waals surface area contributed by atoms with Crippen LogP contribution in [0.4, 0.5) is 5.69 Å². The summed E-state index contributed by atoms with van der Waals surface area (Å²) in [6.07, 6.45) is 1.66. The molecule has 0 bridgehead atoms. The highest BCUT2D eigenvalue weighted by Gasteiger charge is 2.31. The fourth-order valence-electron chi connectivity index (χ4n) is 4.74. The van der Waals surface area contributed by atoms with Gasteiger partial charge in [0.25, 0.3) is 0 Å². The number of amides is 1. The number of piperidine rings is 1. The van der Waals surface area contributed by atoms with Crippen LogP contribution in [-0.2, 0) is 11.3 Å². The Balaban J connectivity index is 1.10. The Hall–Kier alpha value is -2.32. The van der Waals surface area contributed by atoms with Crippen LogP contribution in [0.25, 0.3) is 11.4 Å². The van der Waals surface area contributed by atoms with Crippen LogP contribution in [0.2, 0.25) is 15.1 Å². The lowest BCUT2D eigenvalue weighted by Gasteiger charge is -2.39. The van der Waals surface area contributed by atoms with E-state index in [2.05, 4.69) is 26.0 Å². The van der Waals surface area contributed by atoms with Crippen LogP contribution in [0, 0.1) is 5.92 Å². The highest BCUT2D eigenvalue weighted by Crippen LogP contribution is 2.29. The van der Waals surface area contributed by atoms with Gasteiger partial charge in [-0.2, -0.15) is 4.98 Å². The maximum absolute atomic E-state index is 13.1.